The Balaban J connectivity index is 2.77. The number of benzene rings is 1. The smallest absolute Gasteiger partial charge is 0.200 e. The van der Waals surface area contributed by atoms with Crippen molar-refractivity contribution in [2.75, 3.05) is 0 Å². The maximum atomic E-state index is 12.3. The lowest BCUT2D eigenvalue weighted by Crippen LogP contribution is -2.13. The summed E-state index contributed by atoms with van der Waals surface area (Å²) in [6.45, 7) is 0. The van der Waals surface area contributed by atoms with Gasteiger partial charge in [-0.15, -0.1) is 0 Å². The monoisotopic (exact) mass is 328 g/mol. The Morgan fingerprint density at radius 2 is 1.60 bits per heavy atom. The molecule has 0 unspecified atom stereocenters. The molecule has 0 aliphatic carbocycles. The van der Waals surface area contributed by atoms with Crippen molar-refractivity contribution in [2.45, 2.75) is 0 Å². The molecule has 3 nitrogen and oxygen atoms in total. The SMILES string of the molecule is O=C(c1ccccc1)c1c(O)c(Cl)c(Cl)c(Cl)cc1=O. The van der Waals surface area contributed by atoms with Gasteiger partial charge < -0.3 is 5.11 Å². The lowest BCUT2D eigenvalue weighted by Gasteiger charge is -2.01. The third-order valence-corrected chi connectivity index (χ3v) is 3.87. The van der Waals surface area contributed by atoms with Gasteiger partial charge in [0.05, 0.1) is 10.0 Å². The lowest BCUT2D eigenvalue weighted by atomic mass is 10.0. The highest BCUT2D eigenvalue weighted by Gasteiger charge is 2.21. The second kappa shape index (κ2) is 5.83. The third-order valence-electron chi connectivity index (χ3n) is 2.61. The molecule has 1 N–H and O–H groups in total. The number of aromatic hydroxyl groups is 1. The maximum absolute atomic E-state index is 12.3. The fraction of sp³-hybridized carbons (Fsp3) is 0. The molecule has 0 aliphatic heterocycles. The van der Waals surface area contributed by atoms with Crippen LogP contribution in [0.4, 0.5) is 0 Å². The normalized spacial score (nSPS) is 10.3. The summed E-state index contributed by atoms with van der Waals surface area (Å²) in [5.41, 5.74) is -0.973. The van der Waals surface area contributed by atoms with E-state index in [2.05, 4.69) is 0 Å². The van der Waals surface area contributed by atoms with Crippen molar-refractivity contribution in [3.8, 4) is 5.75 Å². The largest absolute Gasteiger partial charge is 0.505 e. The average Bonchev–Trinajstić information content (AvgIpc) is 2.51. The summed E-state index contributed by atoms with van der Waals surface area (Å²) in [7, 11) is 0. The zero-order valence-corrected chi connectivity index (χ0v) is 12.1. The van der Waals surface area contributed by atoms with Crippen molar-refractivity contribution in [1.29, 1.82) is 0 Å². The van der Waals surface area contributed by atoms with Crippen LogP contribution < -0.4 is 5.43 Å². The molecule has 0 bridgehead atoms. The van der Waals surface area contributed by atoms with Crippen molar-refractivity contribution in [2.24, 2.45) is 0 Å². The maximum Gasteiger partial charge on any atom is 0.200 e. The van der Waals surface area contributed by atoms with Crippen LogP contribution in [0.3, 0.4) is 0 Å². The highest BCUT2D eigenvalue weighted by molar-refractivity contribution is 6.48. The van der Waals surface area contributed by atoms with Crippen LogP contribution in [0, 0.1) is 0 Å². The van der Waals surface area contributed by atoms with Gasteiger partial charge in [-0.3, -0.25) is 9.59 Å². The molecule has 6 heteroatoms. The first kappa shape index (κ1) is 14.9. The predicted molar refractivity (Wildman–Crippen MR) is 79.3 cm³/mol. The predicted octanol–water partition coefficient (Wildman–Crippen LogP) is 3.94. The van der Waals surface area contributed by atoms with Crippen LogP contribution in [0.25, 0.3) is 0 Å². The molecule has 2 aromatic rings. The van der Waals surface area contributed by atoms with E-state index >= 15 is 0 Å². The number of hydrogen-bond acceptors (Lipinski definition) is 3. The number of rotatable bonds is 2. The Labute approximate surface area is 129 Å². The minimum atomic E-state index is -0.754. The van der Waals surface area contributed by atoms with Crippen LogP contribution in [0.5, 0.6) is 5.75 Å². The quantitative estimate of drug-likeness (QED) is 0.849. The van der Waals surface area contributed by atoms with Crippen molar-refractivity contribution < 1.29 is 9.90 Å². The van der Waals surface area contributed by atoms with E-state index in [0.717, 1.165) is 6.07 Å². The Morgan fingerprint density at radius 1 is 1.00 bits per heavy atom. The van der Waals surface area contributed by atoms with Gasteiger partial charge in [0.2, 0.25) is 5.78 Å². The molecule has 0 atom stereocenters. The Morgan fingerprint density at radius 3 is 2.20 bits per heavy atom. The summed E-state index contributed by atoms with van der Waals surface area (Å²) in [4.78, 5) is 24.3. The van der Waals surface area contributed by atoms with Crippen molar-refractivity contribution in [1.82, 2.24) is 0 Å². The number of hydrogen-bond donors (Lipinski definition) is 1. The van der Waals surface area contributed by atoms with E-state index in [1.165, 1.54) is 12.1 Å². The fourth-order valence-electron chi connectivity index (χ4n) is 1.64. The summed E-state index contributed by atoms with van der Waals surface area (Å²) in [5, 5.41) is 9.32. The van der Waals surface area contributed by atoms with E-state index in [9.17, 15) is 14.7 Å². The molecule has 2 aromatic carbocycles. The van der Waals surface area contributed by atoms with Crippen LogP contribution in [0.15, 0.2) is 41.2 Å². The van der Waals surface area contributed by atoms with Crippen LogP contribution in [-0.2, 0) is 0 Å². The Bertz CT molecular complexity index is 743. The van der Waals surface area contributed by atoms with Gasteiger partial charge in [0.15, 0.2) is 11.2 Å². The Kier molecular flexibility index (Phi) is 4.33. The van der Waals surface area contributed by atoms with Crippen molar-refractivity contribution >= 4 is 40.6 Å². The van der Waals surface area contributed by atoms with Gasteiger partial charge in [-0.05, 0) is 0 Å². The second-order valence-corrected chi connectivity index (χ2v) is 5.07. The number of ketones is 1. The zero-order valence-electron chi connectivity index (χ0n) is 9.86. The lowest BCUT2D eigenvalue weighted by molar-refractivity contribution is 0.103. The minimum absolute atomic E-state index is 0.135. The van der Waals surface area contributed by atoms with E-state index in [1.807, 2.05) is 0 Å². The molecule has 0 saturated carbocycles. The average molecular weight is 330 g/mol. The van der Waals surface area contributed by atoms with Gasteiger partial charge in [-0.25, -0.2) is 0 Å². The van der Waals surface area contributed by atoms with Crippen molar-refractivity contribution in [3.63, 3.8) is 0 Å². The van der Waals surface area contributed by atoms with Crippen molar-refractivity contribution in [3.05, 3.63) is 72.8 Å². The summed E-state index contributed by atoms with van der Waals surface area (Å²) in [5.74, 6) is -1.33. The van der Waals surface area contributed by atoms with Gasteiger partial charge in [0.1, 0.15) is 10.6 Å². The van der Waals surface area contributed by atoms with Crippen LogP contribution in [0.1, 0.15) is 15.9 Å². The zero-order chi connectivity index (χ0) is 14.9. The molecule has 0 heterocycles. The first-order valence-corrected chi connectivity index (χ1v) is 6.57. The highest BCUT2D eigenvalue weighted by Crippen LogP contribution is 2.36. The summed E-state index contributed by atoms with van der Waals surface area (Å²) >= 11 is 17.4. The molecule has 102 valence electrons. The van der Waals surface area contributed by atoms with Gasteiger partial charge in [-0.2, -0.15) is 0 Å². The summed E-state index contributed by atoms with van der Waals surface area (Å²) in [6.07, 6.45) is 0. The molecular weight excluding hydrogens is 323 g/mol. The minimum Gasteiger partial charge on any atom is -0.505 e. The molecule has 0 aromatic heterocycles. The van der Waals surface area contributed by atoms with E-state index < -0.39 is 22.5 Å². The molecule has 20 heavy (non-hydrogen) atoms. The number of halogens is 3. The first-order chi connectivity index (χ1) is 9.43. The molecule has 0 aliphatic rings. The second-order valence-electron chi connectivity index (χ2n) is 3.90. The van der Waals surface area contributed by atoms with Gasteiger partial charge in [-0.1, -0.05) is 65.1 Å². The van der Waals surface area contributed by atoms with E-state index in [-0.39, 0.29) is 20.6 Å². The molecule has 0 radical (unpaired) electrons. The number of carbonyl (C=O) groups excluding carboxylic acids is 1. The number of carbonyl (C=O) groups is 1. The summed E-state index contributed by atoms with van der Waals surface area (Å²) in [6, 6.07) is 8.99. The van der Waals surface area contributed by atoms with Crippen LogP contribution in [-0.4, -0.2) is 10.9 Å². The van der Waals surface area contributed by atoms with E-state index in [0.29, 0.717) is 0 Å². The molecule has 0 amide bonds. The first-order valence-electron chi connectivity index (χ1n) is 5.44. The molecule has 0 fully saturated rings. The van der Waals surface area contributed by atoms with E-state index in [4.69, 9.17) is 34.8 Å². The topological polar surface area (TPSA) is 54.4 Å². The molecule has 0 spiro atoms. The van der Waals surface area contributed by atoms with Crippen LogP contribution >= 0.6 is 34.8 Å². The van der Waals surface area contributed by atoms with Gasteiger partial charge >= 0.3 is 0 Å². The standard InChI is InChI=1S/C14H7Cl3O3/c15-8-6-9(18)10(14(20)12(17)11(8)16)13(19)7-4-2-1-3-5-7/h1-6,20H. The highest BCUT2D eigenvalue weighted by atomic mass is 35.5. The third kappa shape index (κ3) is 2.66. The Hall–Kier alpha value is -1.55. The molecule has 0 saturated heterocycles. The molecule has 2 rings (SSSR count). The fourth-order valence-corrected chi connectivity index (χ4v) is 2.22. The van der Waals surface area contributed by atoms with Gasteiger partial charge in [0, 0.05) is 11.6 Å². The van der Waals surface area contributed by atoms with Gasteiger partial charge in [0.25, 0.3) is 0 Å². The van der Waals surface area contributed by atoms with E-state index in [1.54, 1.807) is 18.2 Å². The summed E-state index contributed by atoms with van der Waals surface area (Å²) < 4.78 is 0. The van der Waals surface area contributed by atoms with Crippen LogP contribution in [0.2, 0.25) is 15.1 Å². The molecular formula is C14H7Cl3O3.